The quantitative estimate of drug-likeness (QED) is 0.644. The summed E-state index contributed by atoms with van der Waals surface area (Å²) in [4.78, 5) is 14.9. The highest BCUT2D eigenvalue weighted by Gasteiger charge is 2.33. The summed E-state index contributed by atoms with van der Waals surface area (Å²) in [5.74, 6) is 6.97. The summed E-state index contributed by atoms with van der Waals surface area (Å²) in [6.07, 6.45) is -0.746. The lowest BCUT2D eigenvalue weighted by molar-refractivity contribution is -0.137. The van der Waals surface area contributed by atoms with Crippen LogP contribution < -0.4 is 16.2 Å². The van der Waals surface area contributed by atoms with Crippen LogP contribution in [0.2, 0.25) is 0 Å². The number of nitrogen functional groups attached to an aromatic ring is 1. The van der Waals surface area contributed by atoms with Crippen molar-refractivity contribution < 1.29 is 13.2 Å². The van der Waals surface area contributed by atoms with Gasteiger partial charge >= 0.3 is 6.18 Å². The molecule has 0 saturated heterocycles. The van der Waals surface area contributed by atoms with Crippen LogP contribution in [0.5, 0.6) is 0 Å². The zero-order valence-electron chi connectivity index (χ0n) is 14.3. The predicted molar refractivity (Wildman–Crippen MR) is 90.5 cm³/mol. The lowest BCUT2D eigenvalue weighted by atomic mass is 10.0. The maximum absolute atomic E-state index is 13.0. The molecule has 2 aromatic heterocycles. The van der Waals surface area contributed by atoms with Crippen LogP contribution in [0.25, 0.3) is 0 Å². The molecule has 2 aliphatic rings. The number of alkyl halides is 3. The summed E-state index contributed by atoms with van der Waals surface area (Å²) in [7, 11) is 0. The average Bonchev–Trinajstić information content (AvgIpc) is 3.45. The van der Waals surface area contributed by atoms with E-state index in [2.05, 4.69) is 20.4 Å². The molecule has 138 valence electrons. The fourth-order valence-corrected chi connectivity index (χ4v) is 3.41. The second kappa shape index (κ2) is 6.08. The number of hydrogen-bond donors (Lipinski definition) is 2. The van der Waals surface area contributed by atoms with E-state index in [0.717, 1.165) is 36.1 Å². The van der Waals surface area contributed by atoms with Crippen LogP contribution in [0.15, 0.2) is 12.3 Å². The van der Waals surface area contributed by atoms with Crippen molar-refractivity contribution in [1.29, 1.82) is 0 Å². The minimum absolute atomic E-state index is 0.332. The molecule has 1 saturated carbocycles. The Morgan fingerprint density at radius 1 is 1.27 bits per heavy atom. The van der Waals surface area contributed by atoms with Crippen LogP contribution in [-0.4, -0.2) is 21.5 Å². The van der Waals surface area contributed by atoms with Crippen molar-refractivity contribution in [2.45, 2.75) is 44.8 Å². The molecule has 3 heterocycles. The van der Waals surface area contributed by atoms with Crippen LogP contribution in [0.4, 0.5) is 24.9 Å². The normalized spacial score (nSPS) is 17.2. The van der Waals surface area contributed by atoms with Crippen LogP contribution in [0, 0.1) is 6.92 Å². The number of fused-ring (bicyclic) bond motifs is 1. The highest BCUT2D eigenvalue weighted by molar-refractivity contribution is 5.55. The molecule has 0 unspecified atom stereocenters. The molecule has 1 fully saturated rings. The van der Waals surface area contributed by atoms with Gasteiger partial charge in [-0.15, -0.1) is 0 Å². The van der Waals surface area contributed by atoms with Crippen molar-refractivity contribution in [1.82, 2.24) is 15.0 Å². The van der Waals surface area contributed by atoms with E-state index >= 15 is 0 Å². The Morgan fingerprint density at radius 2 is 2.04 bits per heavy atom. The molecule has 0 radical (unpaired) electrons. The highest BCUT2D eigenvalue weighted by Crippen LogP contribution is 2.43. The van der Waals surface area contributed by atoms with Gasteiger partial charge in [0.1, 0.15) is 5.82 Å². The van der Waals surface area contributed by atoms with Gasteiger partial charge in [0.25, 0.3) is 0 Å². The van der Waals surface area contributed by atoms with Crippen molar-refractivity contribution in [2.24, 2.45) is 5.84 Å². The second-order valence-corrected chi connectivity index (χ2v) is 6.80. The zero-order chi connectivity index (χ0) is 18.5. The molecule has 0 bridgehead atoms. The standard InChI is InChI=1S/C17H19F3N6/c1-9-14(10-2-3-10)23-16(25-21)24-15(9)26-5-4-13-11(8-26)6-12(7-22-13)17(18,19)20/h6-7,10H,2-5,8,21H2,1H3,(H,23,24,25). The first-order valence-electron chi connectivity index (χ1n) is 8.52. The third-order valence-electron chi connectivity index (χ3n) is 4.92. The first-order chi connectivity index (χ1) is 12.4. The number of hydrazine groups is 1. The minimum atomic E-state index is -4.40. The molecule has 4 rings (SSSR count). The summed E-state index contributed by atoms with van der Waals surface area (Å²) >= 11 is 0. The summed E-state index contributed by atoms with van der Waals surface area (Å²) in [6.45, 7) is 2.93. The van der Waals surface area contributed by atoms with E-state index in [0.29, 0.717) is 42.6 Å². The largest absolute Gasteiger partial charge is 0.417 e. The van der Waals surface area contributed by atoms with Gasteiger partial charge in [-0.3, -0.25) is 10.4 Å². The fourth-order valence-electron chi connectivity index (χ4n) is 3.41. The topological polar surface area (TPSA) is 80.0 Å². The van der Waals surface area contributed by atoms with Gasteiger partial charge in [-0.25, -0.2) is 10.8 Å². The van der Waals surface area contributed by atoms with Gasteiger partial charge in [-0.05, 0) is 31.4 Å². The van der Waals surface area contributed by atoms with E-state index in [-0.39, 0.29) is 0 Å². The van der Waals surface area contributed by atoms with Crippen molar-refractivity contribution in [3.63, 3.8) is 0 Å². The Bertz CT molecular complexity index is 847. The number of hydrogen-bond acceptors (Lipinski definition) is 6. The molecule has 1 aliphatic heterocycles. The SMILES string of the molecule is Cc1c(C2CC2)nc(NN)nc1N1CCc2ncc(C(F)(F)F)cc2C1. The molecule has 0 spiro atoms. The van der Waals surface area contributed by atoms with Gasteiger partial charge in [-0.1, -0.05) is 0 Å². The molecule has 2 aromatic rings. The molecule has 0 amide bonds. The summed E-state index contributed by atoms with van der Waals surface area (Å²) in [6, 6.07) is 1.19. The number of aromatic nitrogens is 3. The fraction of sp³-hybridized carbons (Fsp3) is 0.471. The molecule has 6 nitrogen and oxygen atoms in total. The maximum atomic E-state index is 13.0. The third kappa shape index (κ3) is 3.07. The van der Waals surface area contributed by atoms with Gasteiger partial charge in [0.15, 0.2) is 0 Å². The Balaban J connectivity index is 1.69. The summed E-state index contributed by atoms with van der Waals surface area (Å²) < 4.78 is 39.0. The smallest absolute Gasteiger partial charge is 0.351 e. The number of halogens is 3. The van der Waals surface area contributed by atoms with Crippen molar-refractivity contribution >= 4 is 11.8 Å². The van der Waals surface area contributed by atoms with Crippen LogP contribution >= 0.6 is 0 Å². The van der Waals surface area contributed by atoms with E-state index in [9.17, 15) is 13.2 Å². The van der Waals surface area contributed by atoms with E-state index in [1.165, 1.54) is 6.07 Å². The van der Waals surface area contributed by atoms with E-state index in [1.807, 2.05) is 11.8 Å². The number of nitrogens with zero attached hydrogens (tertiary/aromatic N) is 4. The summed E-state index contributed by atoms with van der Waals surface area (Å²) in [5.41, 5.74) is 5.00. The zero-order valence-corrected chi connectivity index (χ0v) is 14.3. The molecular weight excluding hydrogens is 345 g/mol. The average molecular weight is 364 g/mol. The van der Waals surface area contributed by atoms with E-state index < -0.39 is 11.7 Å². The Morgan fingerprint density at radius 3 is 2.69 bits per heavy atom. The van der Waals surface area contributed by atoms with Gasteiger partial charge < -0.3 is 4.90 Å². The maximum Gasteiger partial charge on any atom is 0.417 e. The number of nitrogens with one attached hydrogen (secondary N) is 1. The molecule has 9 heteroatoms. The molecule has 1 aliphatic carbocycles. The number of rotatable bonds is 3. The predicted octanol–water partition coefficient (Wildman–Crippen LogP) is 2.92. The minimum Gasteiger partial charge on any atom is -0.351 e. The highest BCUT2D eigenvalue weighted by atomic mass is 19.4. The number of nitrogens with two attached hydrogens (primary N) is 1. The second-order valence-electron chi connectivity index (χ2n) is 6.80. The lowest BCUT2D eigenvalue weighted by Crippen LogP contribution is -2.33. The molecule has 26 heavy (non-hydrogen) atoms. The number of pyridine rings is 1. The van der Waals surface area contributed by atoms with Crippen molar-refractivity contribution in [2.75, 3.05) is 16.9 Å². The molecule has 3 N–H and O–H groups in total. The summed E-state index contributed by atoms with van der Waals surface area (Å²) in [5, 5.41) is 0. The van der Waals surface area contributed by atoms with Crippen molar-refractivity contribution in [3.8, 4) is 0 Å². The van der Waals surface area contributed by atoms with Crippen LogP contribution in [-0.2, 0) is 19.1 Å². The third-order valence-corrected chi connectivity index (χ3v) is 4.92. The lowest BCUT2D eigenvalue weighted by Gasteiger charge is -2.31. The van der Waals surface area contributed by atoms with Crippen molar-refractivity contribution in [3.05, 3.63) is 40.3 Å². The molecular formula is C17H19F3N6. The molecule has 0 atom stereocenters. The van der Waals surface area contributed by atoms with Gasteiger partial charge in [0.2, 0.25) is 5.95 Å². The molecule has 0 aromatic carbocycles. The van der Waals surface area contributed by atoms with E-state index in [1.54, 1.807) is 0 Å². The van der Waals surface area contributed by atoms with Crippen LogP contribution in [0.3, 0.4) is 0 Å². The first-order valence-corrected chi connectivity index (χ1v) is 8.52. The first kappa shape index (κ1) is 17.0. The number of anilines is 2. The monoisotopic (exact) mass is 364 g/mol. The van der Waals surface area contributed by atoms with Gasteiger partial charge in [0.05, 0.1) is 11.3 Å². The Kier molecular flexibility index (Phi) is 3.98. The van der Waals surface area contributed by atoms with Gasteiger partial charge in [0, 0.05) is 42.9 Å². The Labute approximate surface area is 148 Å². The van der Waals surface area contributed by atoms with Crippen LogP contribution in [0.1, 0.15) is 46.8 Å². The Hall–Kier alpha value is -2.42. The van der Waals surface area contributed by atoms with E-state index in [4.69, 9.17) is 5.84 Å². The van der Waals surface area contributed by atoms with Gasteiger partial charge in [-0.2, -0.15) is 18.2 Å².